The smallest absolute Gasteiger partial charge is 0.235 e. The molecule has 11 aromatic rings. The lowest BCUT2D eigenvalue weighted by Crippen LogP contribution is -2.32. The molecule has 0 bridgehead atoms. The molecule has 3 nitrogen and oxygen atoms in total. The predicted octanol–water partition coefficient (Wildman–Crippen LogP) is 13.6. The number of hydrogen-bond acceptors (Lipinski definition) is 4. The van der Waals surface area contributed by atoms with Crippen LogP contribution in [0.2, 0.25) is 0 Å². The number of aromatic nitrogens is 3. The van der Waals surface area contributed by atoms with Gasteiger partial charge in [0, 0.05) is 36.2 Å². The molecule has 5 heteroatoms. The minimum Gasteiger partial charge on any atom is -0.277 e. The second-order valence-corrected chi connectivity index (χ2v) is 16.9. The molecule has 1 spiro atoms. The Bertz CT molecular complexity index is 3430. The highest BCUT2D eigenvalue weighted by atomic mass is 32.2. The Kier molecular flexibility index (Phi) is 6.19. The summed E-state index contributed by atoms with van der Waals surface area (Å²) in [6.45, 7) is 0. The fourth-order valence-electron chi connectivity index (χ4n) is 9.86. The zero-order valence-corrected chi connectivity index (χ0v) is 31.5. The van der Waals surface area contributed by atoms with Gasteiger partial charge in [-0.1, -0.05) is 169 Å². The largest absolute Gasteiger partial charge is 0.277 e. The van der Waals surface area contributed by atoms with E-state index in [-0.39, 0.29) is 0 Å². The quantitative estimate of drug-likeness (QED) is 0.176. The summed E-state index contributed by atoms with van der Waals surface area (Å²) in [6, 6.07) is 64.5. The first-order valence-electron chi connectivity index (χ1n) is 19.0. The summed E-state index contributed by atoms with van der Waals surface area (Å²) in [7, 11) is 0. The fraction of sp³-hybridized carbons (Fsp3) is 0.0196. The molecule has 56 heavy (non-hydrogen) atoms. The van der Waals surface area contributed by atoms with E-state index in [0.29, 0.717) is 5.95 Å². The van der Waals surface area contributed by atoms with E-state index in [2.05, 4.69) is 180 Å². The molecule has 1 aliphatic carbocycles. The van der Waals surface area contributed by atoms with Gasteiger partial charge < -0.3 is 0 Å². The average Bonchev–Trinajstić information content (AvgIpc) is 3.90. The van der Waals surface area contributed by atoms with E-state index in [1.807, 2.05) is 11.8 Å². The van der Waals surface area contributed by atoms with Crippen molar-refractivity contribution in [2.75, 3.05) is 0 Å². The zero-order chi connectivity index (χ0) is 36.5. The van der Waals surface area contributed by atoms with E-state index < -0.39 is 5.41 Å². The third kappa shape index (κ3) is 3.88. The van der Waals surface area contributed by atoms with E-state index >= 15 is 0 Å². The molecule has 4 heterocycles. The molecule has 0 saturated carbocycles. The molecule has 0 atom stereocenters. The first-order chi connectivity index (χ1) is 27.8. The van der Waals surface area contributed by atoms with Crippen molar-refractivity contribution in [3.8, 4) is 28.3 Å². The van der Waals surface area contributed by atoms with Gasteiger partial charge in [-0.2, -0.15) is 0 Å². The van der Waals surface area contributed by atoms with Gasteiger partial charge in [0.1, 0.15) is 0 Å². The summed E-state index contributed by atoms with van der Waals surface area (Å²) in [4.78, 5) is 13.8. The molecule has 3 aromatic heterocycles. The SMILES string of the molecule is c1ccc2c(c1)Sc1c(ccc3c4ccccc4n(-c4nc(-c5cccc6ccccc56)c5sc6ccccc6c5n4)c13)C21c2ccccc2-c2ccccc21. The molecule has 0 amide bonds. The van der Waals surface area contributed by atoms with Gasteiger partial charge in [-0.05, 0) is 62.4 Å². The van der Waals surface area contributed by atoms with Crippen LogP contribution in [0, 0.1) is 0 Å². The van der Waals surface area contributed by atoms with E-state index in [1.165, 1.54) is 69.4 Å². The van der Waals surface area contributed by atoms with Crippen LogP contribution >= 0.6 is 23.1 Å². The second kappa shape index (κ2) is 11.3. The number of hydrogen-bond donors (Lipinski definition) is 0. The molecule has 260 valence electrons. The van der Waals surface area contributed by atoms with Crippen LogP contribution in [0.25, 0.3) is 81.2 Å². The summed E-state index contributed by atoms with van der Waals surface area (Å²) in [5.41, 5.74) is 12.7. The van der Waals surface area contributed by atoms with Gasteiger partial charge in [0.2, 0.25) is 5.95 Å². The molecule has 2 aliphatic rings. The van der Waals surface area contributed by atoms with Gasteiger partial charge >= 0.3 is 0 Å². The highest BCUT2D eigenvalue weighted by Crippen LogP contribution is 2.63. The highest BCUT2D eigenvalue weighted by Gasteiger charge is 2.50. The summed E-state index contributed by atoms with van der Waals surface area (Å²) < 4.78 is 4.68. The Balaban J connectivity index is 1.20. The van der Waals surface area contributed by atoms with Crippen LogP contribution in [0.4, 0.5) is 0 Å². The van der Waals surface area contributed by atoms with Crippen molar-refractivity contribution in [3.63, 3.8) is 0 Å². The van der Waals surface area contributed by atoms with E-state index in [1.54, 1.807) is 11.3 Å². The Labute approximate surface area is 330 Å². The fourth-order valence-corrected chi connectivity index (χ4v) is 12.3. The number of benzene rings is 8. The van der Waals surface area contributed by atoms with Crippen molar-refractivity contribution >= 4 is 76.0 Å². The first kappa shape index (κ1) is 30.8. The molecule has 1 aliphatic heterocycles. The van der Waals surface area contributed by atoms with Gasteiger partial charge in [0.15, 0.2) is 0 Å². The lowest BCUT2D eigenvalue weighted by molar-refractivity contribution is 0.724. The van der Waals surface area contributed by atoms with E-state index in [0.717, 1.165) is 37.9 Å². The number of thiophene rings is 1. The Hall–Kier alpha value is -6.53. The van der Waals surface area contributed by atoms with Crippen molar-refractivity contribution in [2.24, 2.45) is 0 Å². The minimum absolute atomic E-state index is 0.484. The molecule has 0 N–H and O–H groups in total. The number of fused-ring (bicyclic) bond motifs is 17. The summed E-state index contributed by atoms with van der Waals surface area (Å²) in [5, 5.41) is 5.93. The van der Waals surface area contributed by atoms with Crippen LogP contribution in [0.5, 0.6) is 0 Å². The zero-order valence-electron chi connectivity index (χ0n) is 29.9. The van der Waals surface area contributed by atoms with Crippen LogP contribution in [0.15, 0.2) is 186 Å². The van der Waals surface area contributed by atoms with Crippen molar-refractivity contribution in [1.82, 2.24) is 14.5 Å². The lowest BCUT2D eigenvalue weighted by atomic mass is 9.67. The van der Waals surface area contributed by atoms with E-state index in [9.17, 15) is 0 Å². The topological polar surface area (TPSA) is 30.7 Å². The Morgan fingerprint density at radius 3 is 1.95 bits per heavy atom. The molecule has 13 rings (SSSR count). The monoisotopic (exact) mass is 747 g/mol. The van der Waals surface area contributed by atoms with Crippen molar-refractivity contribution < 1.29 is 0 Å². The van der Waals surface area contributed by atoms with Gasteiger partial charge in [0.05, 0.1) is 32.4 Å². The predicted molar refractivity (Wildman–Crippen MR) is 234 cm³/mol. The Morgan fingerprint density at radius 2 is 1.11 bits per heavy atom. The molecule has 0 radical (unpaired) electrons. The Morgan fingerprint density at radius 1 is 0.464 bits per heavy atom. The third-order valence-electron chi connectivity index (χ3n) is 12.1. The molecular formula is C51H29N3S2. The maximum atomic E-state index is 5.67. The van der Waals surface area contributed by atoms with E-state index in [4.69, 9.17) is 9.97 Å². The maximum absolute atomic E-state index is 5.67. The van der Waals surface area contributed by atoms with Crippen LogP contribution < -0.4 is 0 Å². The van der Waals surface area contributed by atoms with Crippen molar-refractivity contribution in [1.29, 1.82) is 0 Å². The van der Waals surface area contributed by atoms with Crippen LogP contribution in [-0.2, 0) is 5.41 Å². The molecule has 0 saturated heterocycles. The van der Waals surface area contributed by atoms with Gasteiger partial charge in [-0.3, -0.25) is 4.57 Å². The molecular weight excluding hydrogens is 719 g/mol. The standard InChI is InChI=1S/C51H29N3S2/c1-2-16-31-30(14-1)15-13-21-35(31)45-49-46(37-20-6-11-26-43(37)55-49)53-50(52-45)54-42-25-10-5-19-34(42)36-28-29-41-48(47(36)54)56-44-27-12-9-24-40(44)51(41)38-22-7-3-17-32(38)33-18-4-8-23-39(33)51/h1-29H. The normalized spacial score (nSPS) is 13.8. The maximum Gasteiger partial charge on any atom is 0.235 e. The van der Waals surface area contributed by atoms with Gasteiger partial charge in [0.25, 0.3) is 0 Å². The number of nitrogens with zero attached hydrogens (tertiary/aromatic N) is 3. The molecule has 8 aromatic carbocycles. The molecule has 0 fully saturated rings. The number of rotatable bonds is 2. The van der Waals surface area contributed by atoms with Crippen LogP contribution in [0.1, 0.15) is 22.3 Å². The van der Waals surface area contributed by atoms with Crippen LogP contribution in [-0.4, -0.2) is 14.5 Å². The van der Waals surface area contributed by atoms with Crippen LogP contribution in [0.3, 0.4) is 0 Å². The lowest BCUT2D eigenvalue weighted by Gasteiger charge is -2.40. The first-order valence-corrected chi connectivity index (χ1v) is 20.6. The molecule has 0 unspecified atom stereocenters. The third-order valence-corrected chi connectivity index (χ3v) is 14.5. The second-order valence-electron chi connectivity index (χ2n) is 14.8. The minimum atomic E-state index is -0.484. The number of para-hydroxylation sites is 1. The van der Waals surface area contributed by atoms with Crippen molar-refractivity contribution in [2.45, 2.75) is 15.2 Å². The summed E-state index contributed by atoms with van der Waals surface area (Å²) in [5.74, 6) is 0.685. The average molecular weight is 748 g/mol. The van der Waals surface area contributed by atoms with Crippen molar-refractivity contribution in [3.05, 3.63) is 198 Å². The summed E-state index contributed by atoms with van der Waals surface area (Å²) in [6.07, 6.45) is 0. The summed E-state index contributed by atoms with van der Waals surface area (Å²) >= 11 is 3.66. The van der Waals surface area contributed by atoms with Gasteiger partial charge in [-0.25, -0.2) is 9.97 Å². The highest BCUT2D eigenvalue weighted by molar-refractivity contribution is 7.99. The van der Waals surface area contributed by atoms with Gasteiger partial charge in [-0.15, -0.1) is 11.3 Å².